The van der Waals surface area contributed by atoms with E-state index in [2.05, 4.69) is 9.97 Å². The monoisotopic (exact) mass is 256 g/mol. The van der Waals surface area contributed by atoms with E-state index in [9.17, 15) is 4.39 Å². The van der Waals surface area contributed by atoms with Crippen molar-refractivity contribution in [2.45, 2.75) is 13.5 Å². The van der Waals surface area contributed by atoms with E-state index in [1.54, 1.807) is 12.3 Å². The number of benzene rings is 1. The van der Waals surface area contributed by atoms with Gasteiger partial charge in [0.25, 0.3) is 0 Å². The Bertz CT molecular complexity index is 748. The maximum Gasteiger partial charge on any atom is 0.201 e. The van der Waals surface area contributed by atoms with Crippen molar-refractivity contribution >= 4 is 17.0 Å². The molecule has 5 heteroatoms. The summed E-state index contributed by atoms with van der Waals surface area (Å²) in [5.41, 5.74) is 9.51. The summed E-state index contributed by atoms with van der Waals surface area (Å²) in [6, 6.07) is 6.44. The number of pyridine rings is 1. The Morgan fingerprint density at radius 1 is 1.32 bits per heavy atom. The van der Waals surface area contributed by atoms with Crippen LogP contribution in [0.25, 0.3) is 11.0 Å². The first-order valence-corrected chi connectivity index (χ1v) is 5.96. The average Bonchev–Trinajstić information content (AvgIpc) is 2.68. The summed E-state index contributed by atoms with van der Waals surface area (Å²) in [6.07, 6.45) is 3.56. The van der Waals surface area contributed by atoms with Gasteiger partial charge in [0, 0.05) is 18.5 Å². The Kier molecular flexibility index (Phi) is 2.67. The lowest BCUT2D eigenvalue weighted by atomic mass is 10.1. The molecule has 3 aromatic rings. The van der Waals surface area contributed by atoms with Gasteiger partial charge in [0.1, 0.15) is 5.82 Å². The number of anilines is 1. The molecule has 2 N–H and O–H groups in total. The number of aryl methyl sites for hydroxylation is 1. The topological polar surface area (TPSA) is 56.7 Å². The zero-order chi connectivity index (χ0) is 13.4. The molecule has 0 aliphatic rings. The van der Waals surface area contributed by atoms with Crippen molar-refractivity contribution in [3.63, 3.8) is 0 Å². The first kappa shape index (κ1) is 11.6. The van der Waals surface area contributed by atoms with E-state index in [0.717, 1.165) is 16.6 Å². The number of aromatic nitrogens is 3. The number of halogens is 1. The van der Waals surface area contributed by atoms with E-state index in [0.29, 0.717) is 18.0 Å². The lowest BCUT2D eigenvalue weighted by Gasteiger charge is -2.08. The molecule has 0 amide bonds. The van der Waals surface area contributed by atoms with Crippen LogP contribution in [-0.4, -0.2) is 14.5 Å². The van der Waals surface area contributed by atoms with Crippen LogP contribution in [0.3, 0.4) is 0 Å². The zero-order valence-electron chi connectivity index (χ0n) is 10.5. The minimum Gasteiger partial charge on any atom is -0.369 e. The van der Waals surface area contributed by atoms with Crippen LogP contribution in [0.15, 0.2) is 36.7 Å². The fourth-order valence-electron chi connectivity index (χ4n) is 2.12. The van der Waals surface area contributed by atoms with Crippen LogP contribution in [0.2, 0.25) is 0 Å². The van der Waals surface area contributed by atoms with E-state index in [-0.39, 0.29) is 5.82 Å². The number of rotatable bonds is 2. The molecule has 19 heavy (non-hydrogen) atoms. The molecule has 0 aliphatic carbocycles. The molecule has 0 unspecified atom stereocenters. The summed E-state index contributed by atoms with van der Waals surface area (Å²) in [6.45, 7) is 2.60. The molecule has 0 radical (unpaired) electrons. The number of fused-ring (bicyclic) bond motifs is 1. The van der Waals surface area contributed by atoms with Crippen molar-refractivity contribution in [2.75, 3.05) is 5.73 Å². The van der Waals surface area contributed by atoms with E-state index in [4.69, 9.17) is 5.73 Å². The molecule has 0 bridgehead atoms. The molecule has 1 aromatic carbocycles. The number of hydrogen-bond donors (Lipinski definition) is 1. The van der Waals surface area contributed by atoms with Crippen LogP contribution in [0.5, 0.6) is 0 Å². The fourth-order valence-corrected chi connectivity index (χ4v) is 2.12. The van der Waals surface area contributed by atoms with Gasteiger partial charge >= 0.3 is 0 Å². The predicted molar refractivity (Wildman–Crippen MR) is 72.2 cm³/mol. The second-order valence-electron chi connectivity index (χ2n) is 4.49. The lowest BCUT2D eigenvalue weighted by molar-refractivity contribution is 0.629. The fraction of sp³-hybridized carbons (Fsp3) is 0.143. The van der Waals surface area contributed by atoms with Crippen LogP contribution >= 0.6 is 0 Å². The molecule has 3 rings (SSSR count). The molecule has 0 aliphatic heterocycles. The molecule has 4 nitrogen and oxygen atoms in total. The maximum absolute atomic E-state index is 13.2. The molecule has 0 saturated carbocycles. The van der Waals surface area contributed by atoms with Crippen LogP contribution in [-0.2, 0) is 6.54 Å². The van der Waals surface area contributed by atoms with Crippen molar-refractivity contribution in [3.8, 4) is 0 Å². The van der Waals surface area contributed by atoms with E-state index in [1.165, 1.54) is 12.1 Å². The predicted octanol–water partition coefficient (Wildman–Crippen LogP) is 2.51. The summed E-state index contributed by atoms with van der Waals surface area (Å²) >= 11 is 0. The SMILES string of the molecule is Cc1ccncc1Cn1c(N)nc2cc(F)ccc21. The normalized spacial score (nSPS) is 11.1. The van der Waals surface area contributed by atoms with Gasteiger partial charge in [-0.25, -0.2) is 9.37 Å². The van der Waals surface area contributed by atoms with Gasteiger partial charge in [-0.1, -0.05) is 0 Å². The summed E-state index contributed by atoms with van der Waals surface area (Å²) < 4.78 is 15.0. The quantitative estimate of drug-likeness (QED) is 0.766. The highest BCUT2D eigenvalue weighted by Gasteiger charge is 2.10. The lowest BCUT2D eigenvalue weighted by Crippen LogP contribution is -2.06. The third-order valence-electron chi connectivity index (χ3n) is 3.22. The Morgan fingerprint density at radius 2 is 2.16 bits per heavy atom. The van der Waals surface area contributed by atoms with Gasteiger partial charge in [0.15, 0.2) is 0 Å². The first-order chi connectivity index (χ1) is 9.15. The highest BCUT2D eigenvalue weighted by molar-refractivity contribution is 5.78. The van der Waals surface area contributed by atoms with Crippen LogP contribution in [0.4, 0.5) is 10.3 Å². The van der Waals surface area contributed by atoms with Gasteiger partial charge in [-0.3, -0.25) is 4.98 Å². The molecular formula is C14H13FN4. The third-order valence-corrected chi connectivity index (χ3v) is 3.22. The van der Waals surface area contributed by atoms with Crippen molar-refractivity contribution in [2.24, 2.45) is 0 Å². The molecule has 0 atom stereocenters. The molecule has 2 heterocycles. The van der Waals surface area contributed by atoms with Gasteiger partial charge in [0.2, 0.25) is 5.95 Å². The van der Waals surface area contributed by atoms with Gasteiger partial charge in [0.05, 0.1) is 17.6 Å². The van der Waals surface area contributed by atoms with Crippen LogP contribution < -0.4 is 5.73 Å². The Morgan fingerprint density at radius 3 is 2.95 bits per heavy atom. The Hall–Kier alpha value is -2.43. The highest BCUT2D eigenvalue weighted by atomic mass is 19.1. The molecule has 0 fully saturated rings. The molecule has 96 valence electrons. The second kappa shape index (κ2) is 4.35. The van der Waals surface area contributed by atoms with Crippen molar-refractivity contribution < 1.29 is 4.39 Å². The average molecular weight is 256 g/mol. The van der Waals surface area contributed by atoms with E-state index >= 15 is 0 Å². The minimum absolute atomic E-state index is 0.310. The Balaban J connectivity index is 2.10. The van der Waals surface area contributed by atoms with Crippen molar-refractivity contribution in [3.05, 3.63) is 53.6 Å². The summed E-state index contributed by atoms with van der Waals surface area (Å²) in [7, 11) is 0. The van der Waals surface area contributed by atoms with Gasteiger partial charge in [-0.2, -0.15) is 0 Å². The van der Waals surface area contributed by atoms with Gasteiger partial charge < -0.3 is 10.3 Å². The van der Waals surface area contributed by atoms with E-state index in [1.807, 2.05) is 23.8 Å². The van der Waals surface area contributed by atoms with Gasteiger partial charge in [-0.05, 0) is 36.2 Å². The maximum atomic E-state index is 13.2. The summed E-state index contributed by atoms with van der Waals surface area (Å²) in [4.78, 5) is 8.30. The molecule has 0 spiro atoms. The number of nitrogens with zero attached hydrogens (tertiary/aromatic N) is 3. The first-order valence-electron chi connectivity index (χ1n) is 5.96. The molecular weight excluding hydrogens is 243 g/mol. The summed E-state index contributed by atoms with van der Waals surface area (Å²) in [5, 5.41) is 0. The van der Waals surface area contributed by atoms with E-state index < -0.39 is 0 Å². The van der Waals surface area contributed by atoms with Crippen LogP contribution in [0.1, 0.15) is 11.1 Å². The smallest absolute Gasteiger partial charge is 0.201 e. The number of imidazole rings is 1. The van der Waals surface area contributed by atoms with Crippen LogP contribution in [0, 0.1) is 12.7 Å². The zero-order valence-corrected chi connectivity index (χ0v) is 10.5. The molecule has 0 saturated heterocycles. The third kappa shape index (κ3) is 2.03. The Labute approximate surface area is 109 Å². The van der Waals surface area contributed by atoms with Crippen molar-refractivity contribution in [1.82, 2.24) is 14.5 Å². The standard InChI is InChI=1S/C14H13FN4/c1-9-4-5-17-7-10(9)8-19-13-3-2-11(15)6-12(13)18-14(19)16/h2-7H,8H2,1H3,(H2,16,18). The second-order valence-corrected chi connectivity index (χ2v) is 4.49. The van der Waals surface area contributed by atoms with Crippen molar-refractivity contribution in [1.29, 1.82) is 0 Å². The highest BCUT2D eigenvalue weighted by Crippen LogP contribution is 2.21. The minimum atomic E-state index is -0.310. The number of nitrogen functional groups attached to an aromatic ring is 1. The van der Waals surface area contributed by atoms with Gasteiger partial charge in [-0.15, -0.1) is 0 Å². The molecule has 2 aromatic heterocycles. The largest absolute Gasteiger partial charge is 0.369 e. The number of hydrogen-bond acceptors (Lipinski definition) is 3. The number of nitrogens with two attached hydrogens (primary N) is 1. The summed E-state index contributed by atoms with van der Waals surface area (Å²) in [5.74, 6) is 0.0681.